The molecule has 1 amide bonds. The summed E-state index contributed by atoms with van der Waals surface area (Å²) in [6, 6.07) is 16.5. The lowest BCUT2D eigenvalue weighted by atomic mass is 10.2. The average Bonchev–Trinajstić information content (AvgIpc) is 2.49. The lowest BCUT2D eigenvalue weighted by Crippen LogP contribution is -2.22. The standard InChI is InChI=1S/C19H21NO3/c1-19(2,3)23-17-11-9-15(10-12-17)20-18(21)13-14-22-16-7-5-4-6-8-16/h4-14H,1-3H3,(H,20,21). The highest BCUT2D eigenvalue weighted by Crippen LogP contribution is 2.20. The topological polar surface area (TPSA) is 47.6 Å². The molecule has 0 aliphatic heterocycles. The number of para-hydroxylation sites is 1. The molecule has 4 nitrogen and oxygen atoms in total. The first-order valence-electron chi connectivity index (χ1n) is 7.41. The van der Waals surface area contributed by atoms with E-state index in [1.54, 1.807) is 12.1 Å². The second kappa shape index (κ2) is 7.49. The Morgan fingerprint density at radius 2 is 1.61 bits per heavy atom. The Morgan fingerprint density at radius 1 is 0.957 bits per heavy atom. The van der Waals surface area contributed by atoms with Crippen LogP contribution in [0.5, 0.6) is 11.5 Å². The molecule has 0 aliphatic rings. The Balaban J connectivity index is 1.85. The molecule has 0 fully saturated rings. The molecule has 0 radical (unpaired) electrons. The molecule has 0 unspecified atom stereocenters. The van der Waals surface area contributed by atoms with Crippen LogP contribution in [0.25, 0.3) is 0 Å². The molecule has 0 aromatic heterocycles. The van der Waals surface area contributed by atoms with E-state index in [9.17, 15) is 4.79 Å². The zero-order valence-electron chi connectivity index (χ0n) is 13.6. The summed E-state index contributed by atoms with van der Waals surface area (Å²) in [6.07, 6.45) is 2.70. The first-order valence-corrected chi connectivity index (χ1v) is 7.41. The van der Waals surface area contributed by atoms with Crippen LogP contribution in [0.15, 0.2) is 66.9 Å². The van der Waals surface area contributed by atoms with Gasteiger partial charge < -0.3 is 14.8 Å². The van der Waals surface area contributed by atoms with Crippen molar-refractivity contribution in [3.63, 3.8) is 0 Å². The summed E-state index contributed by atoms with van der Waals surface area (Å²) in [5, 5.41) is 2.76. The summed E-state index contributed by atoms with van der Waals surface area (Å²) in [5.74, 6) is 1.18. The predicted octanol–water partition coefficient (Wildman–Crippen LogP) is 4.40. The summed E-state index contributed by atoms with van der Waals surface area (Å²) >= 11 is 0. The van der Waals surface area contributed by atoms with Crippen molar-refractivity contribution < 1.29 is 14.3 Å². The van der Waals surface area contributed by atoms with Gasteiger partial charge in [0.2, 0.25) is 0 Å². The van der Waals surface area contributed by atoms with Gasteiger partial charge in [-0.3, -0.25) is 4.79 Å². The third-order valence-electron chi connectivity index (χ3n) is 2.71. The highest BCUT2D eigenvalue weighted by Gasteiger charge is 2.11. The fourth-order valence-electron chi connectivity index (χ4n) is 1.82. The van der Waals surface area contributed by atoms with Gasteiger partial charge in [0.05, 0.1) is 6.26 Å². The van der Waals surface area contributed by atoms with Gasteiger partial charge in [-0.2, -0.15) is 0 Å². The SMILES string of the molecule is CC(C)(C)Oc1ccc(NC(=O)C=COc2ccccc2)cc1. The van der Waals surface area contributed by atoms with Crippen molar-refractivity contribution in [1.82, 2.24) is 0 Å². The lowest BCUT2D eigenvalue weighted by Gasteiger charge is -2.21. The summed E-state index contributed by atoms with van der Waals surface area (Å²) in [6.45, 7) is 5.96. The monoisotopic (exact) mass is 311 g/mol. The van der Waals surface area contributed by atoms with Gasteiger partial charge in [-0.15, -0.1) is 0 Å². The van der Waals surface area contributed by atoms with E-state index in [-0.39, 0.29) is 11.5 Å². The molecule has 2 rings (SSSR count). The maximum atomic E-state index is 11.8. The molecule has 0 heterocycles. The van der Waals surface area contributed by atoms with Crippen molar-refractivity contribution >= 4 is 11.6 Å². The van der Waals surface area contributed by atoms with E-state index < -0.39 is 0 Å². The van der Waals surface area contributed by atoms with Gasteiger partial charge in [0, 0.05) is 11.8 Å². The van der Waals surface area contributed by atoms with Crippen molar-refractivity contribution in [1.29, 1.82) is 0 Å². The summed E-state index contributed by atoms with van der Waals surface area (Å²) < 4.78 is 11.1. The van der Waals surface area contributed by atoms with E-state index in [1.165, 1.54) is 12.3 Å². The maximum absolute atomic E-state index is 11.8. The number of benzene rings is 2. The zero-order valence-corrected chi connectivity index (χ0v) is 13.6. The molecule has 0 aliphatic carbocycles. The Morgan fingerprint density at radius 3 is 2.22 bits per heavy atom. The molecule has 2 aromatic carbocycles. The van der Waals surface area contributed by atoms with Crippen LogP contribution >= 0.6 is 0 Å². The molecular formula is C19H21NO3. The largest absolute Gasteiger partial charge is 0.488 e. The predicted molar refractivity (Wildman–Crippen MR) is 91.7 cm³/mol. The fraction of sp³-hybridized carbons (Fsp3) is 0.211. The highest BCUT2D eigenvalue weighted by atomic mass is 16.5. The first kappa shape index (κ1) is 16.6. The maximum Gasteiger partial charge on any atom is 0.251 e. The minimum Gasteiger partial charge on any atom is -0.488 e. The molecule has 0 atom stereocenters. The number of hydrogen-bond acceptors (Lipinski definition) is 3. The molecule has 0 spiro atoms. The van der Waals surface area contributed by atoms with Crippen molar-refractivity contribution in [3.05, 3.63) is 66.9 Å². The van der Waals surface area contributed by atoms with Crippen LogP contribution in [0.3, 0.4) is 0 Å². The van der Waals surface area contributed by atoms with E-state index in [0.717, 1.165) is 5.75 Å². The Hall–Kier alpha value is -2.75. The highest BCUT2D eigenvalue weighted by molar-refractivity contribution is 5.99. The second-order valence-corrected chi connectivity index (χ2v) is 5.96. The molecule has 0 saturated heterocycles. The molecule has 120 valence electrons. The summed E-state index contributed by atoms with van der Waals surface area (Å²) in [4.78, 5) is 11.8. The van der Waals surface area contributed by atoms with Crippen LogP contribution < -0.4 is 14.8 Å². The quantitative estimate of drug-likeness (QED) is 0.658. The Labute approximate surface area is 136 Å². The number of ether oxygens (including phenoxy) is 2. The number of hydrogen-bond donors (Lipinski definition) is 1. The molecule has 23 heavy (non-hydrogen) atoms. The van der Waals surface area contributed by atoms with E-state index in [2.05, 4.69) is 5.32 Å². The van der Waals surface area contributed by atoms with E-state index in [4.69, 9.17) is 9.47 Å². The molecule has 2 aromatic rings. The summed E-state index contributed by atoms with van der Waals surface area (Å²) in [5.41, 5.74) is 0.447. The lowest BCUT2D eigenvalue weighted by molar-refractivity contribution is -0.112. The van der Waals surface area contributed by atoms with Crippen LogP contribution in [0.1, 0.15) is 20.8 Å². The van der Waals surface area contributed by atoms with E-state index >= 15 is 0 Å². The van der Waals surface area contributed by atoms with Gasteiger partial charge in [0.15, 0.2) is 0 Å². The molecule has 0 saturated carbocycles. The van der Waals surface area contributed by atoms with Gasteiger partial charge >= 0.3 is 0 Å². The van der Waals surface area contributed by atoms with Crippen molar-refractivity contribution in [3.8, 4) is 11.5 Å². The van der Waals surface area contributed by atoms with Crippen molar-refractivity contribution in [2.45, 2.75) is 26.4 Å². The van der Waals surface area contributed by atoms with E-state index in [1.807, 2.05) is 63.2 Å². The van der Waals surface area contributed by atoms with Crippen LogP contribution in [0.4, 0.5) is 5.69 Å². The molecule has 4 heteroatoms. The number of anilines is 1. The van der Waals surface area contributed by atoms with Crippen molar-refractivity contribution in [2.24, 2.45) is 0 Å². The number of amides is 1. The van der Waals surface area contributed by atoms with Crippen LogP contribution in [0, 0.1) is 0 Å². The van der Waals surface area contributed by atoms with Crippen LogP contribution in [0.2, 0.25) is 0 Å². The third kappa shape index (κ3) is 6.26. The van der Waals surface area contributed by atoms with Gasteiger partial charge in [-0.05, 0) is 57.2 Å². The fourth-order valence-corrected chi connectivity index (χ4v) is 1.82. The van der Waals surface area contributed by atoms with Gasteiger partial charge in [0.25, 0.3) is 5.91 Å². The Bertz CT molecular complexity index is 655. The number of rotatable bonds is 5. The molecule has 0 bridgehead atoms. The molecule has 1 N–H and O–H groups in total. The van der Waals surface area contributed by atoms with Crippen LogP contribution in [-0.4, -0.2) is 11.5 Å². The minimum absolute atomic E-state index is 0.248. The number of nitrogens with one attached hydrogen (secondary N) is 1. The molecular weight excluding hydrogens is 290 g/mol. The minimum atomic E-state index is -0.259. The number of carbonyl (C=O) groups is 1. The van der Waals surface area contributed by atoms with Crippen LogP contribution in [-0.2, 0) is 4.79 Å². The normalized spacial score (nSPS) is 11.3. The Kier molecular flexibility index (Phi) is 5.41. The first-order chi connectivity index (χ1) is 10.9. The van der Waals surface area contributed by atoms with Gasteiger partial charge in [-0.25, -0.2) is 0 Å². The zero-order chi connectivity index (χ0) is 16.7. The van der Waals surface area contributed by atoms with Crippen molar-refractivity contribution in [2.75, 3.05) is 5.32 Å². The van der Waals surface area contributed by atoms with Gasteiger partial charge in [-0.1, -0.05) is 18.2 Å². The summed E-state index contributed by atoms with van der Waals surface area (Å²) in [7, 11) is 0. The number of carbonyl (C=O) groups excluding carboxylic acids is 1. The smallest absolute Gasteiger partial charge is 0.251 e. The second-order valence-electron chi connectivity index (χ2n) is 5.96. The van der Waals surface area contributed by atoms with E-state index in [0.29, 0.717) is 11.4 Å². The third-order valence-corrected chi connectivity index (χ3v) is 2.71. The average molecular weight is 311 g/mol. The van der Waals surface area contributed by atoms with Gasteiger partial charge in [0.1, 0.15) is 17.1 Å².